The number of hydrogen-bond donors (Lipinski definition) is 0. The van der Waals surface area contributed by atoms with Gasteiger partial charge in [-0.1, -0.05) is 40.2 Å². The van der Waals surface area contributed by atoms with E-state index in [0.717, 1.165) is 17.3 Å². The molecule has 1 aromatic rings. The van der Waals surface area contributed by atoms with Gasteiger partial charge in [0.05, 0.1) is 6.07 Å². The van der Waals surface area contributed by atoms with Crippen LogP contribution in [0.25, 0.3) is 6.08 Å². The Bertz CT molecular complexity index is 332. The standard InChI is InChI=1S/C12H12BrN/c13-12-8-6-11(7-9-12)5-3-1-2-4-10-14/h3,5-9H,1-2,4H2/b5-3-. The molecule has 0 heterocycles. The Morgan fingerprint density at radius 2 is 2.00 bits per heavy atom. The zero-order valence-corrected chi connectivity index (χ0v) is 9.50. The third-order valence-corrected chi connectivity index (χ3v) is 2.37. The molecule has 2 heteroatoms. The molecule has 0 radical (unpaired) electrons. The Labute approximate surface area is 93.2 Å². The minimum Gasteiger partial charge on any atom is -0.198 e. The lowest BCUT2D eigenvalue weighted by molar-refractivity contribution is 0.879. The Morgan fingerprint density at radius 3 is 2.64 bits per heavy atom. The number of hydrogen-bond acceptors (Lipinski definition) is 1. The molecule has 0 bridgehead atoms. The maximum atomic E-state index is 8.33. The fourth-order valence-corrected chi connectivity index (χ4v) is 1.36. The van der Waals surface area contributed by atoms with Crippen LogP contribution in [0.4, 0.5) is 0 Å². The first-order valence-electron chi connectivity index (χ1n) is 4.62. The van der Waals surface area contributed by atoms with E-state index in [4.69, 9.17) is 5.26 Å². The number of rotatable bonds is 4. The van der Waals surface area contributed by atoms with Gasteiger partial charge in [0.1, 0.15) is 0 Å². The van der Waals surface area contributed by atoms with Gasteiger partial charge in [0.25, 0.3) is 0 Å². The van der Waals surface area contributed by atoms with Gasteiger partial charge >= 0.3 is 0 Å². The van der Waals surface area contributed by atoms with Gasteiger partial charge in [-0.3, -0.25) is 0 Å². The van der Waals surface area contributed by atoms with Gasteiger partial charge in [0, 0.05) is 10.9 Å². The van der Waals surface area contributed by atoms with Crippen molar-refractivity contribution in [1.29, 1.82) is 5.26 Å². The first-order valence-corrected chi connectivity index (χ1v) is 5.41. The lowest BCUT2D eigenvalue weighted by atomic mass is 10.2. The van der Waals surface area contributed by atoms with Gasteiger partial charge in [-0.15, -0.1) is 0 Å². The summed E-state index contributed by atoms with van der Waals surface area (Å²) in [5.74, 6) is 0. The molecule has 0 unspecified atom stereocenters. The number of nitrogens with zero attached hydrogens (tertiary/aromatic N) is 1. The molecule has 0 aliphatic rings. The third-order valence-electron chi connectivity index (χ3n) is 1.84. The Kier molecular flexibility index (Phi) is 5.03. The zero-order chi connectivity index (χ0) is 10.2. The van der Waals surface area contributed by atoms with Gasteiger partial charge in [-0.25, -0.2) is 0 Å². The number of nitriles is 1. The molecular weight excluding hydrogens is 238 g/mol. The maximum Gasteiger partial charge on any atom is 0.0621 e. The number of benzene rings is 1. The first kappa shape index (κ1) is 11.0. The number of unbranched alkanes of at least 4 members (excludes halogenated alkanes) is 2. The molecule has 1 rings (SSSR count). The number of halogens is 1. The molecule has 0 amide bonds. The van der Waals surface area contributed by atoms with E-state index in [9.17, 15) is 0 Å². The molecule has 0 spiro atoms. The van der Waals surface area contributed by atoms with Crippen LogP contribution < -0.4 is 0 Å². The SMILES string of the molecule is N#CCCC/C=C\c1ccc(Br)cc1. The maximum absolute atomic E-state index is 8.33. The van der Waals surface area contributed by atoms with E-state index >= 15 is 0 Å². The van der Waals surface area contributed by atoms with E-state index < -0.39 is 0 Å². The van der Waals surface area contributed by atoms with E-state index in [2.05, 4.69) is 46.3 Å². The fraction of sp³-hybridized carbons (Fsp3) is 0.250. The van der Waals surface area contributed by atoms with Crippen LogP contribution in [0.3, 0.4) is 0 Å². The lowest BCUT2D eigenvalue weighted by Gasteiger charge is -1.93. The Morgan fingerprint density at radius 1 is 1.29 bits per heavy atom. The summed E-state index contributed by atoms with van der Waals surface area (Å²) >= 11 is 3.39. The van der Waals surface area contributed by atoms with Crippen LogP contribution in [0.2, 0.25) is 0 Å². The van der Waals surface area contributed by atoms with Gasteiger partial charge < -0.3 is 0 Å². The quantitative estimate of drug-likeness (QED) is 0.736. The molecular formula is C12H12BrN. The molecule has 14 heavy (non-hydrogen) atoms. The van der Waals surface area contributed by atoms with Crippen LogP contribution >= 0.6 is 15.9 Å². The van der Waals surface area contributed by atoms with Gasteiger partial charge in [0.2, 0.25) is 0 Å². The van der Waals surface area contributed by atoms with E-state index in [1.807, 2.05) is 12.1 Å². The molecule has 0 fully saturated rings. The average Bonchev–Trinajstić information content (AvgIpc) is 2.21. The van der Waals surface area contributed by atoms with Crippen molar-refractivity contribution in [2.45, 2.75) is 19.3 Å². The molecule has 0 N–H and O–H groups in total. The van der Waals surface area contributed by atoms with E-state index in [0.29, 0.717) is 6.42 Å². The van der Waals surface area contributed by atoms with Gasteiger partial charge in [-0.2, -0.15) is 5.26 Å². The second kappa shape index (κ2) is 6.39. The molecule has 0 saturated heterocycles. The lowest BCUT2D eigenvalue weighted by Crippen LogP contribution is -1.72. The van der Waals surface area contributed by atoms with Crippen LogP contribution in [-0.4, -0.2) is 0 Å². The monoisotopic (exact) mass is 249 g/mol. The van der Waals surface area contributed by atoms with Crippen molar-refractivity contribution in [3.05, 3.63) is 40.4 Å². The molecule has 1 nitrogen and oxygen atoms in total. The third kappa shape index (κ3) is 4.25. The molecule has 72 valence electrons. The molecule has 0 aliphatic carbocycles. The highest BCUT2D eigenvalue weighted by Gasteiger charge is 1.87. The highest BCUT2D eigenvalue weighted by Crippen LogP contribution is 2.11. The van der Waals surface area contributed by atoms with Crippen LogP contribution in [0.5, 0.6) is 0 Å². The Balaban J connectivity index is 2.37. The van der Waals surface area contributed by atoms with E-state index in [1.54, 1.807) is 0 Å². The molecule has 0 atom stereocenters. The van der Waals surface area contributed by atoms with Crippen molar-refractivity contribution in [2.24, 2.45) is 0 Å². The van der Waals surface area contributed by atoms with Crippen molar-refractivity contribution in [2.75, 3.05) is 0 Å². The van der Waals surface area contributed by atoms with E-state index in [-0.39, 0.29) is 0 Å². The van der Waals surface area contributed by atoms with Crippen molar-refractivity contribution < 1.29 is 0 Å². The summed E-state index contributed by atoms with van der Waals surface area (Å²) in [6.45, 7) is 0. The second-order valence-corrected chi connectivity index (χ2v) is 3.92. The predicted molar refractivity (Wildman–Crippen MR) is 62.6 cm³/mol. The van der Waals surface area contributed by atoms with Crippen LogP contribution in [0, 0.1) is 11.3 Å². The fourth-order valence-electron chi connectivity index (χ4n) is 1.09. The van der Waals surface area contributed by atoms with Gasteiger partial charge in [0.15, 0.2) is 0 Å². The van der Waals surface area contributed by atoms with Crippen LogP contribution in [0.1, 0.15) is 24.8 Å². The number of allylic oxidation sites excluding steroid dienone is 1. The van der Waals surface area contributed by atoms with Crippen molar-refractivity contribution in [1.82, 2.24) is 0 Å². The van der Waals surface area contributed by atoms with Crippen LogP contribution in [-0.2, 0) is 0 Å². The molecule has 0 aromatic heterocycles. The summed E-state index contributed by atoms with van der Waals surface area (Å²) in [6.07, 6.45) is 6.77. The van der Waals surface area contributed by atoms with E-state index in [1.165, 1.54) is 5.56 Å². The minimum atomic E-state index is 0.644. The second-order valence-electron chi connectivity index (χ2n) is 3.00. The smallest absolute Gasteiger partial charge is 0.0621 e. The van der Waals surface area contributed by atoms with Crippen molar-refractivity contribution in [3.63, 3.8) is 0 Å². The zero-order valence-electron chi connectivity index (χ0n) is 7.91. The predicted octanol–water partition coefficient (Wildman–Crippen LogP) is 4.16. The topological polar surface area (TPSA) is 23.8 Å². The first-order chi connectivity index (χ1) is 6.83. The molecule has 0 aliphatic heterocycles. The van der Waals surface area contributed by atoms with Crippen molar-refractivity contribution >= 4 is 22.0 Å². The summed E-state index contributed by atoms with van der Waals surface area (Å²) < 4.78 is 1.10. The summed E-state index contributed by atoms with van der Waals surface area (Å²) in [5, 5.41) is 8.33. The highest BCUT2D eigenvalue weighted by atomic mass is 79.9. The van der Waals surface area contributed by atoms with Crippen LogP contribution in [0.15, 0.2) is 34.8 Å². The molecule has 0 saturated carbocycles. The largest absolute Gasteiger partial charge is 0.198 e. The average molecular weight is 250 g/mol. The molecule has 1 aromatic carbocycles. The highest BCUT2D eigenvalue weighted by molar-refractivity contribution is 9.10. The summed E-state index contributed by atoms with van der Waals surface area (Å²) in [7, 11) is 0. The van der Waals surface area contributed by atoms with Crippen molar-refractivity contribution in [3.8, 4) is 6.07 Å². The Hall–Kier alpha value is -1.07. The summed E-state index contributed by atoms with van der Waals surface area (Å²) in [6, 6.07) is 10.3. The summed E-state index contributed by atoms with van der Waals surface area (Å²) in [5.41, 5.74) is 1.20. The minimum absolute atomic E-state index is 0.644. The normalized spacial score (nSPS) is 10.3. The van der Waals surface area contributed by atoms with Gasteiger partial charge in [-0.05, 0) is 30.5 Å². The summed E-state index contributed by atoms with van der Waals surface area (Å²) in [4.78, 5) is 0.